The maximum absolute atomic E-state index is 13.9. The number of rotatable bonds is 5. The fourth-order valence-electron chi connectivity index (χ4n) is 7.33. The molecule has 4 nitrogen and oxygen atoms in total. The third kappa shape index (κ3) is 5.15. The van der Waals surface area contributed by atoms with Crippen LogP contribution < -0.4 is 12.4 Å². The van der Waals surface area contributed by atoms with Crippen LogP contribution in [0.4, 0.5) is 0 Å². The minimum Gasteiger partial charge on any atom is -1.00 e. The van der Waals surface area contributed by atoms with Crippen LogP contribution in [0.3, 0.4) is 0 Å². The Kier molecular flexibility index (Phi) is 8.40. The molecule has 4 aromatic rings. The molecule has 3 aliphatic rings. The van der Waals surface area contributed by atoms with Gasteiger partial charge in [-0.15, -0.1) is 0 Å². The third-order valence-electron chi connectivity index (χ3n) is 9.20. The number of carbonyl (C=O) groups excluding carboxylic acids is 2. The normalized spacial score (nSPS) is 19.6. The summed E-state index contributed by atoms with van der Waals surface area (Å²) in [7, 11) is 0. The smallest absolute Gasteiger partial charge is 1.00 e. The van der Waals surface area contributed by atoms with Crippen molar-refractivity contribution in [3.63, 3.8) is 0 Å². The molecule has 2 unspecified atom stereocenters. The average Bonchev–Trinajstić information content (AvgIpc) is 3.32. The molecule has 0 radical (unpaired) electrons. The molecule has 0 heterocycles. The van der Waals surface area contributed by atoms with Gasteiger partial charge >= 0.3 is 249 Å². The number of carbonyl (C=O) groups is 2. The Hall–Kier alpha value is -3.18. The number of hydrogen-bond donors (Lipinski definition) is 0. The predicted octanol–water partition coefficient (Wildman–Crippen LogP) is 6.25. The van der Waals surface area contributed by atoms with Crippen molar-refractivity contribution < 1.29 is 47.3 Å². The average molecular weight is 613 g/mol. The maximum Gasteiger partial charge on any atom is -1.00 e. The first-order chi connectivity index (χ1) is 20.1. The first-order valence-corrected chi connectivity index (χ1v) is 17.0. The van der Waals surface area contributed by atoms with Crippen molar-refractivity contribution in [3.05, 3.63) is 118 Å². The van der Waals surface area contributed by atoms with Gasteiger partial charge in [-0.05, 0) is 0 Å². The van der Waals surface area contributed by atoms with Gasteiger partial charge in [0, 0.05) is 0 Å². The molecule has 0 aromatic heterocycles. The summed E-state index contributed by atoms with van der Waals surface area (Å²) in [5.74, 6) is -0.446. The van der Waals surface area contributed by atoms with Gasteiger partial charge in [-0.1, -0.05) is 0 Å². The Labute approximate surface area is 260 Å². The first kappa shape index (κ1) is 28.9. The van der Waals surface area contributed by atoms with Crippen LogP contribution in [0.1, 0.15) is 72.6 Å². The van der Waals surface area contributed by atoms with Gasteiger partial charge in [0.05, 0.1) is 0 Å². The molecular formula is C36H33ClO4Ti. The molecule has 7 rings (SSSR count). The molecule has 0 spiro atoms. The summed E-state index contributed by atoms with van der Waals surface area (Å²) >= 11 is -3.26. The number of benzene rings is 4. The van der Waals surface area contributed by atoms with E-state index in [1.54, 1.807) is 11.1 Å². The standard InChI is InChI=1S/C14H19.2C11H8O2.ClH.Ti/c1-10-11-6-2-4-8-13(11)14-9-5-3-7-12(10)14;2*12-11(13)10-7-3-5-8-4-1-2-6-9(8)10;;/h6,10H,2-5,7-9H2,1H3;2*1-7H,(H,12,13);1H;/q;;;;+3/p-3. The summed E-state index contributed by atoms with van der Waals surface area (Å²) in [5, 5.41) is 3.68. The predicted molar refractivity (Wildman–Crippen MR) is 158 cm³/mol. The van der Waals surface area contributed by atoms with Gasteiger partial charge < -0.3 is 12.4 Å². The van der Waals surface area contributed by atoms with Crippen LogP contribution in [0.25, 0.3) is 21.5 Å². The second-order valence-corrected chi connectivity index (χ2v) is 14.2. The van der Waals surface area contributed by atoms with E-state index in [4.69, 9.17) is 6.64 Å². The SMILES string of the molecule is CC1C2=C(CCCC2)C2=C1[CH]([Ti+]([O]C(=O)c1cccc3ccccc13)[O]C(=O)c1cccc3ccccc13)CCC2.[Cl-]. The fraction of sp³-hybridized carbons (Fsp3) is 0.278. The van der Waals surface area contributed by atoms with Crippen molar-refractivity contribution in [2.75, 3.05) is 0 Å². The van der Waals surface area contributed by atoms with Crippen LogP contribution in [0.2, 0.25) is 4.22 Å². The van der Waals surface area contributed by atoms with Crippen molar-refractivity contribution in [1.82, 2.24) is 0 Å². The molecule has 0 saturated heterocycles. The van der Waals surface area contributed by atoms with E-state index >= 15 is 0 Å². The van der Waals surface area contributed by atoms with Crippen LogP contribution >= 0.6 is 0 Å². The Bertz CT molecular complexity index is 1650. The minimum atomic E-state index is -3.26. The largest absolute Gasteiger partial charge is 1.00 e. The molecule has 2 atom stereocenters. The number of hydrogen-bond acceptors (Lipinski definition) is 4. The van der Waals surface area contributed by atoms with Crippen LogP contribution in [0.5, 0.6) is 0 Å². The van der Waals surface area contributed by atoms with E-state index in [2.05, 4.69) is 6.92 Å². The molecule has 42 heavy (non-hydrogen) atoms. The van der Waals surface area contributed by atoms with Crippen molar-refractivity contribution in [2.45, 2.75) is 56.1 Å². The second kappa shape index (κ2) is 12.2. The molecule has 0 bridgehead atoms. The molecule has 0 amide bonds. The summed E-state index contributed by atoms with van der Waals surface area (Å²) in [6.07, 6.45) is 7.77. The van der Waals surface area contributed by atoms with Crippen molar-refractivity contribution in [1.29, 1.82) is 0 Å². The molecule has 0 aliphatic heterocycles. The minimum absolute atomic E-state index is 0. The summed E-state index contributed by atoms with van der Waals surface area (Å²) < 4.78 is 12.9. The van der Waals surface area contributed by atoms with Gasteiger partial charge in [-0.2, -0.15) is 0 Å². The van der Waals surface area contributed by atoms with E-state index < -0.39 is 30.6 Å². The molecule has 0 saturated carbocycles. The zero-order chi connectivity index (χ0) is 27.9. The number of allylic oxidation sites excluding steroid dienone is 4. The van der Waals surface area contributed by atoms with Crippen molar-refractivity contribution in [2.24, 2.45) is 5.92 Å². The fourth-order valence-corrected chi connectivity index (χ4v) is 10.5. The van der Waals surface area contributed by atoms with E-state index in [0.29, 0.717) is 17.0 Å². The maximum atomic E-state index is 13.9. The van der Waals surface area contributed by atoms with Gasteiger partial charge in [0.25, 0.3) is 0 Å². The summed E-state index contributed by atoms with van der Waals surface area (Å²) in [5.41, 5.74) is 7.06. The topological polar surface area (TPSA) is 52.6 Å². The van der Waals surface area contributed by atoms with E-state index in [9.17, 15) is 9.59 Å². The molecular weight excluding hydrogens is 580 g/mol. The summed E-state index contributed by atoms with van der Waals surface area (Å²) in [6, 6.07) is 27.1. The first-order valence-electron chi connectivity index (χ1n) is 14.8. The third-order valence-corrected chi connectivity index (χ3v) is 12.2. The van der Waals surface area contributed by atoms with Crippen molar-refractivity contribution >= 4 is 33.5 Å². The van der Waals surface area contributed by atoms with Gasteiger partial charge in [0.15, 0.2) is 0 Å². The molecule has 4 aromatic carbocycles. The van der Waals surface area contributed by atoms with Gasteiger partial charge in [-0.25, -0.2) is 0 Å². The number of halogens is 1. The number of fused-ring (bicyclic) bond motifs is 3. The van der Waals surface area contributed by atoms with Gasteiger partial charge in [0.1, 0.15) is 0 Å². The second-order valence-electron chi connectivity index (χ2n) is 11.5. The Morgan fingerprint density at radius 3 is 1.81 bits per heavy atom. The van der Waals surface area contributed by atoms with E-state index in [0.717, 1.165) is 53.6 Å². The monoisotopic (exact) mass is 612 g/mol. The Morgan fingerprint density at radius 2 is 1.19 bits per heavy atom. The molecule has 3 aliphatic carbocycles. The van der Waals surface area contributed by atoms with Crippen LogP contribution in [0.15, 0.2) is 107 Å². The molecule has 212 valence electrons. The van der Waals surface area contributed by atoms with Crippen molar-refractivity contribution in [3.8, 4) is 0 Å². The van der Waals surface area contributed by atoms with Gasteiger partial charge in [-0.3, -0.25) is 0 Å². The summed E-state index contributed by atoms with van der Waals surface area (Å²) in [6.45, 7) is 2.32. The van der Waals surface area contributed by atoms with Gasteiger partial charge in [0.2, 0.25) is 0 Å². The molecule has 6 heteroatoms. The van der Waals surface area contributed by atoms with Crippen LogP contribution in [0, 0.1) is 5.92 Å². The van der Waals surface area contributed by atoms with E-state index in [1.807, 2.05) is 84.9 Å². The zero-order valence-corrected chi connectivity index (χ0v) is 26.0. The Balaban J connectivity index is 0.00000316. The molecule has 0 fully saturated rings. The zero-order valence-electron chi connectivity index (χ0n) is 23.7. The van der Waals surface area contributed by atoms with E-state index in [-0.39, 0.29) is 16.6 Å². The summed E-state index contributed by atoms with van der Waals surface area (Å²) in [4.78, 5) is 27.7. The molecule has 0 N–H and O–H groups in total. The van der Waals surface area contributed by atoms with Crippen LogP contribution in [-0.2, 0) is 25.3 Å². The van der Waals surface area contributed by atoms with E-state index in [1.165, 1.54) is 24.0 Å². The quantitative estimate of drug-likeness (QED) is 0.250. The van der Waals surface area contributed by atoms with Crippen LogP contribution in [-0.4, -0.2) is 11.9 Å². The Morgan fingerprint density at radius 1 is 0.667 bits per heavy atom.